The summed E-state index contributed by atoms with van der Waals surface area (Å²) in [6, 6.07) is 18.6. The van der Waals surface area contributed by atoms with E-state index in [2.05, 4.69) is 47.8 Å². The molecule has 108 valence electrons. The van der Waals surface area contributed by atoms with Gasteiger partial charge < -0.3 is 5.32 Å². The van der Waals surface area contributed by atoms with Gasteiger partial charge in [-0.1, -0.05) is 54.6 Å². The maximum absolute atomic E-state index is 12.5. The fourth-order valence-corrected chi connectivity index (χ4v) is 3.05. The van der Waals surface area contributed by atoms with Crippen LogP contribution in [0.15, 0.2) is 54.6 Å². The van der Waals surface area contributed by atoms with Crippen LogP contribution in [-0.2, 0) is 17.6 Å². The number of rotatable bonds is 5. The monoisotopic (exact) mass is 279 g/mol. The number of carbonyl (C=O) groups is 1. The molecule has 0 amide bonds. The van der Waals surface area contributed by atoms with Crippen molar-refractivity contribution in [2.45, 2.75) is 31.7 Å². The number of hydrogen-bond donors (Lipinski definition) is 1. The van der Waals surface area contributed by atoms with Crippen LogP contribution in [0.5, 0.6) is 0 Å². The molecule has 0 saturated heterocycles. The Bertz CT molecular complexity index is 606. The predicted octanol–water partition coefficient (Wildman–Crippen LogP) is 3.47. The van der Waals surface area contributed by atoms with Crippen molar-refractivity contribution in [3.63, 3.8) is 0 Å². The van der Waals surface area contributed by atoms with E-state index >= 15 is 0 Å². The van der Waals surface area contributed by atoms with E-state index in [0.717, 1.165) is 25.8 Å². The molecular formula is C19H21NO. The molecule has 0 aromatic heterocycles. The van der Waals surface area contributed by atoms with Crippen molar-refractivity contribution in [1.29, 1.82) is 0 Å². The van der Waals surface area contributed by atoms with Crippen LogP contribution in [0, 0.1) is 0 Å². The lowest BCUT2D eigenvalue weighted by atomic mass is 9.90. The minimum absolute atomic E-state index is 0.106. The second kappa shape index (κ2) is 6.68. The Hall–Kier alpha value is -1.93. The zero-order valence-corrected chi connectivity index (χ0v) is 12.2. The predicted molar refractivity (Wildman–Crippen MR) is 85.3 cm³/mol. The summed E-state index contributed by atoms with van der Waals surface area (Å²) in [4.78, 5) is 12.5. The molecule has 0 bridgehead atoms. The zero-order valence-electron chi connectivity index (χ0n) is 12.2. The lowest BCUT2D eigenvalue weighted by molar-refractivity contribution is -0.121. The molecule has 2 nitrogen and oxygen atoms in total. The minimum Gasteiger partial charge on any atom is -0.303 e. The quantitative estimate of drug-likeness (QED) is 0.908. The second-order valence-electron chi connectivity index (χ2n) is 5.64. The van der Waals surface area contributed by atoms with Crippen molar-refractivity contribution >= 4 is 5.78 Å². The summed E-state index contributed by atoms with van der Waals surface area (Å²) in [5.74, 6) is 0.318. The summed E-state index contributed by atoms with van der Waals surface area (Å²) >= 11 is 0. The van der Waals surface area contributed by atoms with Gasteiger partial charge in [0, 0.05) is 13.0 Å². The maximum atomic E-state index is 12.5. The summed E-state index contributed by atoms with van der Waals surface area (Å²) < 4.78 is 0. The number of hydrogen-bond acceptors (Lipinski definition) is 2. The Morgan fingerprint density at radius 3 is 2.67 bits per heavy atom. The molecule has 1 aliphatic heterocycles. The van der Waals surface area contributed by atoms with Gasteiger partial charge in [-0.2, -0.15) is 0 Å². The second-order valence-corrected chi connectivity index (χ2v) is 5.64. The van der Waals surface area contributed by atoms with Gasteiger partial charge in [0.05, 0.1) is 6.04 Å². The lowest BCUT2D eigenvalue weighted by Gasteiger charge is -2.25. The summed E-state index contributed by atoms with van der Waals surface area (Å²) in [6.45, 7) is 0.895. The average Bonchev–Trinajstić information content (AvgIpc) is 2.55. The normalized spacial score (nSPS) is 17.2. The molecule has 1 aliphatic rings. The van der Waals surface area contributed by atoms with Crippen LogP contribution in [0.25, 0.3) is 0 Å². The van der Waals surface area contributed by atoms with Gasteiger partial charge in [0.2, 0.25) is 0 Å². The number of Topliss-reactive ketones (excluding diaryl/α,β-unsaturated/α-hetero) is 1. The molecule has 0 saturated carbocycles. The summed E-state index contributed by atoms with van der Waals surface area (Å²) in [5, 5.41) is 3.37. The van der Waals surface area contributed by atoms with Gasteiger partial charge in [0.1, 0.15) is 0 Å². The molecule has 1 atom stereocenters. The number of aryl methyl sites for hydroxylation is 1. The van der Waals surface area contributed by atoms with Crippen molar-refractivity contribution in [2.24, 2.45) is 0 Å². The lowest BCUT2D eigenvalue weighted by Crippen LogP contribution is -2.35. The third kappa shape index (κ3) is 3.40. The van der Waals surface area contributed by atoms with Gasteiger partial charge in [-0.3, -0.25) is 4.79 Å². The Morgan fingerprint density at radius 2 is 1.81 bits per heavy atom. The third-order valence-electron chi connectivity index (χ3n) is 4.16. The standard InChI is InChI=1S/C19H21NO/c21-18(12-6-9-15-7-2-1-3-8-15)19-17-11-5-4-10-16(17)13-14-20-19/h1-5,7-8,10-11,19-20H,6,9,12-14H2. The van der Waals surface area contributed by atoms with Crippen LogP contribution in [0.1, 0.15) is 35.6 Å². The number of fused-ring (bicyclic) bond motifs is 1. The molecule has 0 aliphatic carbocycles. The highest BCUT2D eigenvalue weighted by Gasteiger charge is 2.24. The van der Waals surface area contributed by atoms with Gasteiger partial charge >= 0.3 is 0 Å². The summed E-state index contributed by atoms with van der Waals surface area (Å²) in [5.41, 5.74) is 3.80. The van der Waals surface area contributed by atoms with Crippen LogP contribution in [0.3, 0.4) is 0 Å². The zero-order chi connectivity index (χ0) is 14.5. The fraction of sp³-hybridized carbons (Fsp3) is 0.316. The highest BCUT2D eigenvalue weighted by molar-refractivity contribution is 5.86. The van der Waals surface area contributed by atoms with Crippen LogP contribution in [-0.4, -0.2) is 12.3 Å². The van der Waals surface area contributed by atoms with Crippen molar-refractivity contribution in [3.8, 4) is 0 Å². The largest absolute Gasteiger partial charge is 0.303 e. The Labute approximate surface area is 126 Å². The van der Waals surface area contributed by atoms with Gasteiger partial charge in [-0.05, 0) is 36.0 Å². The number of carbonyl (C=O) groups excluding carboxylic acids is 1. The first-order valence-corrected chi connectivity index (χ1v) is 7.72. The van der Waals surface area contributed by atoms with E-state index in [1.807, 2.05) is 12.1 Å². The van der Waals surface area contributed by atoms with E-state index in [1.54, 1.807) is 0 Å². The fourth-order valence-electron chi connectivity index (χ4n) is 3.05. The van der Waals surface area contributed by atoms with E-state index in [4.69, 9.17) is 0 Å². The van der Waals surface area contributed by atoms with Gasteiger partial charge in [0.25, 0.3) is 0 Å². The van der Waals surface area contributed by atoms with Crippen molar-refractivity contribution in [1.82, 2.24) is 5.32 Å². The smallest absolute Gasteiger partial charge is 0.154 e. The molecule has 0 radical (unpaired) electrons. The minimum atomic E-state index is -0.106. The highest BCUT2D eigenvalue weighted by Crippen LogP contribution is 2.24. The molecule has 2 heteroatoms. The molecule has 1 N–H and O–H groups in total. The molecule has 2 aromatic carbocycles. The van der Waals surface area contributed by atoms with E-state index < -0.39 is 0 Å². The molecular weight excluding hydrogens is 258 g/mol. The van der Waals surface area contributed by atoms with Crippen LogP contribution in [0.2, 0.25) is 0 Å². The third-order valence-corrected chi connectivity index (χ3v) is 4.16. The maximum Gasteiger partial charge on any atom is 0.154 e. The molecule has 0 fully saturated rings. The first-order valence-electron chi connectivity index (χ1n) is 7.72. The van der Waals surface area contributed by atoms with Crippen LogP contribution >= 0.6 is 0 Å². The number of nitrogens with one attached hydrogen (secondary N) is 1. The van der Waals surface area contributed by atoms with E-state index in [-0.39, 0.29) is 6.04 Å². The Kier molecular flexibility index (Phi) is 4.46. The first-order chi connectivity index (χ1) is 10.3. The molecule has 1 heterocycles. The first kappa shape index (κ1) is 14.0. The topological polar surface area (TPSA) is 29.1 Å². The number of ketones is 1. The van der Waals surface area contributed by atoms with Gasteiger partial charge in [0.15, 0.2) is 5.78 Å². The SMILES string of the molecule is O=C(CCCc1ccccc1)C1NCCc2ccccc21. The van der Waals surface area contributed by atoms with Gasteiger partial charge in [-0.25, -0.2) is 0 Å². The van der Waals surface area contributed by atoms with Crippen molar-refractivity contribution in [2.75, 3.05) is 6.54 Å². The highest BCUT2D eigenvalue weighted by atomic mass is 16.1. The summed E-state index contributed by atoms with van der Waals surface area (Å²) in [7, 11) is 0. The van der Waals surface area contributed by atoms with Gasteiger partial charge in [-0.15, -0.1) is 0 Å². The molecule has 1 unspecified atom stereocenters. The van der Waals surface area contributed by atoms with Crippen LogP contribution < -0.4 is 5.32 Å². The Balaban J connectivity index is 1.59. The Morgan fingerprint density at radius 1 is 1.05 bits per heavy atom. The van der Waals surface area contributed by atoms with Crippen LogP contribution in [0.4, 0.5) is 0 Å². The van der Waals surface area contributed by atoms with E-state index in [1.165, 1.54) is 16.7 Å². The molecule has 21 heavy (non-hydrogen) atoms. The summed E-state index contributed by atoms with van der Waals surface area (Å²) in [6.07, 6.45) is 3.55. The number of benzene rings is 2. The van der Waals surface area contributed by atoms with E-state index in [0.29, 0.717) is 12.2 Å². The van der Waals surface area contributed by atoms with Crippen molar-refractivity contribution in [3.05, 3.63) is 71.3 Å². The van der Waals surface area contributed by atoms with E-state index in [9.17, 15) is 4.79 Å². The molecule has 3 rings (SSSR count). The molecule has 0 spiro atoms. The van der Waals surface area contributed by atoms with Crippen molar-refractivity contribution < 1.29 is 4.79 Å². The average molecular weight is 279 g/mol. The molecule has 2 aromatic rings.